The molecule has 2 aromatic carbocycles. The maximum atomic E-state index is 12.9. The quantitative estimate of drug-likeness (QED) is 0.695. The molecule has 0 spiro atoms. The number of sulfonamides is 1. The number of amides is 1. The zero-order chi connectivity index (χ0) is 18.6. The van der Waals surface area contributed by atoms with E-state index in [1.807, 2.05) is 12.1 Å². The lowest BCUT2D eigenvalue weighted by atomic mass is 10.2. The minimum absolute atomic E-state index is 0.0446. The predicted octanol–water partition coefficient (Wildman–Crippen LogP) is 2.68. The third kappa shape index (κ3) is 4.22. The van der Waals surface area contributed by atoms with Crippen LogP contribution in [0.15, 0.2) is 65.7 Å². The summed E-state index contributed by atoms with van der Waals surface area (Å²) in [6, 6.07) is 13.5. The Kier molecular flexibility index (Phi) is 5.24. The zero-order valence-corrected chi connectivity index (χ0v) is 14.5. The zero-order valence-electron chi connectivity index (χ0n) is 13.6. The third-order valence-electron chi connectivity index (χ3n) is 3.69. The first kappa shape index (κ1) is 18.0. The van der Waals surface area contributed by atoms with Crippen molar-refractivity contribution >= 4 is 32.5 Å². The summed E-state index contributed by atoms with van der Waals surface area (Å²) in [5.74, 6) is -0.851. The van der Waals surface area contributed by atoms with Gasteiger partial charge in [0.1, 0.15) is 5.82 Å². The van der Waals surface area contributed by atoms with Crippen LogP contribution in [0.3, 0.4) is 0 Å². The van der Waals surface area contributed by atoms with Gasteiger partial charge in [-0.2, -0.15) is 0 Å². The second kappa shape index (κ2) is 7.59. The normalized spacial score (nSPS) is 11.4. The van der Waals surface area contributed by atoms with Crippen LogP contribution < -0.4 is 10.0 Å². The summed E-state index contributed by atoms with van der Waals surface area (Å²) < 4.78 is 39.4. The van der Waals surface area contributed by atoms with E-state index in [-0.39, 0.29) is 23.8 Å². The van der Waals surface area contributed by atoms with E-state index in [1.165, 1.54) is 12.1 Å². The number of hydrogen-bond donors (Lipinski definition) is 2. The number of anilines is 1. The van der Waals surface area contributed by atoms with Crippen molar-refractivity contribution in [1.82, 2.24) is 9.71 Å². The van der Waals surface area contributed by atoms with Crippen LogP contribution >= 0.6 is 0 Å². The Morgan fingerprint density at radius 1 is 1.04 bits per heavy atom. The number of rotatable bonds is 6. The summed E-state index contributed by atoms with van der Waals surface area (Å²) in [6.07, 6.45) is 1.62. The molecule has 0 unspecified atom stereocenters. The first-order valence-corrected chi connectivity index (χ1v) is 9.33. The van der Waals surface area contributed by atoms with Crippen molar-refractivity contribution in [1.29, 1.82) is 0 Å². The Labute approximate surface area is 150 Å². The molecular weight excluding hydrogens is 357 g/mol. The lowest BCUT2D eigenvalue weighted by Crippen LogP contribution is -2.27. The smallest absolute Gasteiger partial charge is 0.240 e. The molecule has 0 aliphatic heterocycles. The van der Waals surface area contributed by atoms with E-state index in [2.05, 4.69) is 15.0 Å². The highest BCUT2D eigenvalue weighted by atomic mass is 32.2. The highest BCUT2D eigenvalue weighted by Gasteiger charge is 2.14. The van der Waals surface area contributed by atoms with Crippen LogP contribution in [0.2, 0.25) is 0 Å². The number of carbonyl (C=O) groups is 1. The Hall–Kier alpha value is -2.84. The minimum atomic E-state index is -3.79. The van der Waals surface area contributed by atoms with Gasteiger partial charge in [-0.15, -0.1) is 0 Å². The Bertz CT molecular complexity index is 1030. The van der Waals surface area contributed by atoms with Gasteiger partial charge in [0.15, 0.2) is 0 Å². The molecule has 6 nitrogen and oxygen atoms in total. The van der Waals surface area contributed by atoms with Crippen molar-refractivity contribution in [2.75, 3.05) is 11.9 Å². The lowest BCUT2D eigenvalue weighted by molar-refractivity contribution is -0.116. The number of halogens is 1. The highest BCUT2D eigenvalue weighted by Crippen LogP contribution is 2.21. The number of fused-ring (bicyclic) bond motifs is 1. The highest BCUT2D eigenvalue weighted by molar-refractivity contribution is 7.89. The third-order valence-corrected chi connectivity index (χ3v) is 5.16. The van der Waals surface area contributed by atoms with Crippen molar-refractivity contribution in [2.45, 2.75) is 11.3 Å². The fraction of sp³-hybridized carbons (Fsp3) is 0.111. The molecule has 0 aliphatic rings. The van der Waals surface area contributed by atoms with Crippen LogP contribution in [0.1, 0.15) is 6.42 Å². The molecule has 3 rings (SSSR count). The molecule has 8 heteroatoms. The van der Waals surface area contributed by atoms with Gasteiger partial charge in [0.05, 0.1) is 16.1 Å². The van der Waals surface area contributed by atoms with Crippen LogP contribution in [0.4, 0.5) is 10.1 Å². The number of benzene rings is 2. The molecule has 0 bridgehead atoms. The van der Waals surface area contributed by atoms with Crippen LogP contribution in [0.25, 0.3) is 10.9 Å². The van der Waals surface area contributed by atoms with Gasteiger partial charge in [-0.25, -0.2) is 17.5 Å². The van der Waals surface area contributed by atoms with Crippen molar-refractivity contribution in [2.24, 2.45) is 0 Å². The summed E-state index contributed by atoms with van der Waals surface area (Å²) in [4.78, 5) is 16.3. The van der Waals surface area contributed by atoms with Gasteiger partial charge in [0.25, 0.3) is 0 Å². The largest absolute Gasteiger partial charge is 0.325 e. The number of nitrogens with one attached hydrogen (secondary N) is 2. The molecule has 0 fully saturated rings. The van der Waals surface area contributed by atoms with E-state index in [1.54, 1.807) is 24.4 Å². The molecule has 0 atom stereocenters. The molecule has 26 heavy (non-hydrogen) atoms. The maximum absolute atomic E-state index is 12.9. The topological polar surface area (TPSA) is 88.2 Å². The van der Waals surface area contributed by atoms with E-state index in [9.17, 15) is 17.6 Å². The van der Waals surface area contributed by atoms with E-state index in [0.29, 0.717) is 5.69 Å². The van der Waals surface area contributed by atoms with Gasteiger partial charge in [-0.05, 0) is 48.5 Å². The number of hydrogen-bond acceptors (Lipinski definition) is 4. The molecular formula is C18H16FN3O3S. The van der Waals surface area contributed by atoms with Crippen LogP contribution in [-0.4, -0.2) is 25.9 Å². The number of nitrogens with zero attached hydrogens (tertiary/aromatic N) is 1. The van der Waals surface area contributed by atoms with Crippen molar-refractivity contribution < 1.29 is 17.6 Å². The maximum Gasteiger partial charge on any atom is 0.240 e. The van der Waals surface area contributed by atoms with E-state index >= 15 is 0 Å². The fourth-order valence-electron chi connectivity index (χ4n) is 2.42. The van der Waals surface area contributed by atoms with Crippen molar-refractivity contribution in [3.63, 3.8) is 0 Å². The molecule has 1 heterocycles. The SMILES string of the molecule is O=C(CCNS(=O)(=O)c1ccc(F)cc1)Nc1cccc2ncccc12. The molecule has 0 saturated heterocycles. The molecule has 0 saturated carbocycles. The Balaban J connectivity index is 1.60. The lowest BCUT2D eigenvalue weighted by Gasteiger charge is -2.09. The minimum Gasteiger partial charge on any atom is -0.325 e. The second-order valence-corrected chi connectivity index (χ2v) is 7.29. The summed E-state index contributed by atoms with van der Waals surface area (Å²) in [7, 11) is -3.79. The fourth-order valence-corrected chi connectivity index (χ4v) is 3.45. The molecule has 2 N–H and O–H groups in total. The van der Waals surface area contributed by atoms with E-state index < -0.39 is 15.8 Å². The van der Waals surface area contributed by atoms with Gasteiger partial charge in [0.2, 0.25) is 15.9 Å². The molecule has 1 amide bonds. The van der Waals surface area contributed by atoms with Crippen LogP contribution in [-0.2, 0) is 14.8 Å². The first-order valence-electron chi connectivity index (χ1n) is 7.84. The van der Waals surface area contributed by atoms with Gasteiger partial charge in [-0.1, -0.05) is 6.07 Å². The average Bonchev–Trinajstić information content (AvgIpc) is 2.62. The van der Waals surface area contributed by atoms with Gasteiger partial charge < -0.3 is 5.32 Å². The number of carbonyl (C=O) groups excluding carboxylic acids is 1. The number of pyridine rings is 1. The second-order valence-electron chi connectivity index (χ2n) is 5.53. The molecule has 0 aliphatic carbocycles. The van der Waals surface area contributed by atoms with Crippen LogP contribution in [0.5, 0.6) is 0 Å². The summed E-state index contributed by atoms with van der Waals surface area (Å²) in [5.41, 5.74) is 1.37. The molecule has 0 radical (unpaired) electrons. The molecule has 3 aromatic rings. The summed E-state index contributed by atoms with van der Waals surface area (Å²) >= 11 is 0. The first-order chi connectivity index (χ1) is 12.5. The molecule has 1 aromatic heterocycles. The van der Waals surface area contributed by atoms with Crippen LogP contribution in [0, 0.1) is 5.82 Å². The van der Waals surface area contributed by atoms with Crippen molar-refractivity contribution in [3.05, 3.63) is 66.6 Å². The Morgan fingerprint density at radius 2 is 1.81 bits per heavy atom. The van der Waals surface area contributed by atoms with E-state index in [4.69, 9.17) is 0 Å². The van der Waals surface area contributed by atoms with Gasteiger partial charge in [-0.3, -0.25) is 9.78 Å². The van der Waals surface area contributed by atoms with Gasteiger partial charge in [0, 0.05) is 24.5 Å². The molecule has 134 valence electrons. The summed E-state index contributed by atoms with van der Waals surface area (Å²) in [6.45, 7) is -0.0748. The van der Waals surface area contributed by atoms with Gasteiger partial charge >= 0.3 is 0 Å². The Morgan fingerprint density at radius 3 is 2.58 bits per heavy atom. The standard InChI is InChI=1S/C18H16FN3O3S/c19-13-6-8-14(9-7-13)26(24,25)21-12-10-18(23)22-17-5-1-4-16-15(17)3-2-11-20-16/h1-9,11,21H,10,12H2,(H,22,23). The monoisotopic (exact) mass is 373 g/mol. The average molecular weight is 373 g/mol. The van der Waals surface area contributed by atoms with E-state index in [0.717, 1.165) is 23.0 Å². The van der Waals surface area contributed by atoms with Crippen molar-refractivity contribution in [3.8, 4) is 0 Å². The number of aromatic nitrogens is 1. The summed E-state index contributed by atoms with van der Waals surface area (Å²) in [5, 5.41) is 3.56. The predicted molar refractivity (Wildman–Crippen MR) is 96.6 cm³/mol.